The molecule has 19 heavy (non-hydrogen) atoms. The van der Waals surface area contributed by atoms with E-state index in [-0.39, 0.29) is 11.4 Å². The van der Waals surface area contributed by atoms with Crippen LogP contribution < -0.4 is 10.5 Å². The van der Waals surface area contributed by atoms with Crippen LogP contribution in [0.25, 0.3) is 0 Å². The zero-order valence-corrected chi connectivity index (χ0v) is 11.6. The highest BCUT2D eigenvalue weighted by molar-refractivity contribution is 7.89. The third-order valence-corrected chi connectivity index (χ3v) is 4.97. The van der Waals surface area contributed by atoms with Gasteiger partial charge in [0.1, 0.15) is 10.6 Å². The van der Waals surface area contributed by atoms with Gasteiger partial charge in [0.25, 0.3) is 0 Å². The Hall–Kier alpha value is -1.15. The van der Waals surface area contributed by atoms with Gasteiger partial charge in [-0.25, -0.2) is 8.42 Å². The van der Waals surface area contributed by atoms with Crippen LogP contribution in [0.4, 0.5) is 0 Å². The molecular weight excluding hydrogens is 268 g/mol. The minimum atomic E-state index is -3.56. The summed E-state index contributed by atoms with van der Waals surface area (Å²) in [7, 11) is -2.11. The monoisotopic (exact) mass is 286 g/mol. The molecule has 6 nitrogen and oxygen atoms in total. The lowest BCUT2D eigenvalue weighted by atomic mass is 10.2. The fourth-order valence-electron chi connectivity index (χ4n) is 1.98. The summed E-state index contributed by atoms with van der Waals surface area (Å²) in [6.07, 6.45) is 0. The highest BCUT2D eigenvalue weighted by Crippen LogP contribution is 2.28. The molecule has 1 aromatic rings. The maximum Gasteiger partial charge on any atom is 0.246 e. The van der Waals surface area contributed by atoms with Gasteiger partial charge in [-0.05, 0) is 17.7 Å². The number of methoxy groups -OCH3 is 1. The Morgan fingerprint density at radius 2 is 2.05 bits per heavy atom. The normalized spacial score (nSPS) is 17.4. The van der Waals surface area contributed by atoms with Crippen LogP contribution in [0.5, 0.6) is 5.75 Å². The zero-order valence-electron chi connectivity index (χ0n) is 10.8. The summed E-state index contributed by atoms with van der Waals surface area (Å²) in [5.74, 6) is 0.337. The number of ether oxygens (including phenoxy) is 2. The molecule has 1 aromatic carbocycles. The standard InChI is InChI=1S/C12H18N2O4S/c1-17-11-3-2-10(9-13)8-12(11)19(15,16)14-4-6-18-7-5-14/h2-3,8H,4-7,9,13H2,1H3. The molecule has 0 aliphatic carbocycles. The van der Waals surface area contributed by atoms with Crippen molar-refractivity contribution >= 4 is 10.0 Å². The lowest BCUT2D eigenvalue weighted by Gasteiger charge is -2.26. The van der Waals surface area contributed by atoms with Gasteiger partial charge < -0.3 is 15.2 Å². The van der Waals surface area contributed by atoms with Crippen molar-refractivity contribution in [3.05, 3.63) is 23.8 Å². The van der Waals surface area contributed by atoms with Gasteiger partial charge in [0.2, 0.25) is 10.0 Å². The van der Waals surface area contributed by atoms with Crippen LogP contribution in [0.15, 0.2) is 23.1 Å². The molecule has 0 amide bonds. The van der Waals surface area contributed by atoms with E-state index >= 15 is 0 Å². The van der Waals surface area contributed by atoms with Gasteiger partial charge >= 0.3 is 0 Å². The van der Waals surface area contributed by atoms with Crippen molar-refractivity contribution in [1.82, 2.24) is 4.31 Å². The second-order valence-electron chi connectivity index (χ2n) is 4.21. The summed E-state index contributed by atoms with van der Waals surface area (Å²) in [4.78, 5) is 0.167. The van der Waals surface area contributed by atoms with Gasteiger partial charge in [0, 0.05) is 19.6 Å². The maximum atomic E-state index is 12.6. The molecule has 0 atom stereocenters. The molecule has 106 valence electrons. The van der Waals surface area contributed by atoms with Crippen LogP contribution in [-0.2, 0) is 21.3 Å². The molecule has 0 radical (unpaired) electrons. The molecule has 1 saturated heterocycles. The van der Waals surface area contributed by atoms with Crippen molar-refractivity contribution in [3.8, 4) is 5.75 Å². The van der Waals surface area contributed by atoms with Crippen LogP contribution in [0.3, 0.4) is 0 Å². The Balaban J connectivity index is 2.43. The van der Waals surface area contributed by atoms with Gasteiger partial charge in [-0.1, -0.05) is 6.07 Å². The summed E-state index contributed by atoms with van der Waals surface area (Å²) in [5.41, 5.74) is 6.32. The molecule has 0 aromatic heterocycles. The molecule has 2 N–H and O–H groups in total. The summed E-state index contributed by atoms with van der Waals surface area (Å²) >= 11 is 0. The van der Waals surface area contributed by atoms with Crippen molar-refractivity contribution in [1.29, 1.82) is 0 Å². The zero-order chi connectivity index (χ0) is 13.9. The first kappa shape index (κ1) is 14.3. The van der Waals surface area contributed by atoms with Gasteiger partial charge in [0.15, 0.2) is 0 Å². The van der Waals surface area contributed by atoms with E-state index in [2.05, 4.69) is 0 Å². The lowest BCUT2D eigenvalue weighted by Crippen LogP contribution is -2.40. The van der Waals surface area contributed by atoms with Crippen molar-refractivity contribution < 1.29 is 17.9 Å². The fourth-order valence-corrected chi connectivity index (χ4v) is 3.59. The predicted octanol–water partition coefficient (Wildman–Crippen LogP) is 0.175. The second kappa shape index (κ2) is 5.87. The minimum absolute atomic E-state index is 0.167. The van der Waals surface area contributed by atoms with Crippen LogP contribution in [0.1, 0.15) is 5.56 Å². The van der Waals surface area contributed by atoms with Gasteiger partial charge in [-0.2, -0.15) is 4.31 Å². The number of nitrogens with zero attached hydrogens (tertiary/aromatic N) is 1. The van der Waals surface area contributed by atoms with Crippen LogP contribution in [0, 0.1) is 0 Å². The first-order chi connectivity index (χ1) is 9.09. The van der Waals surface area contributed by atoms with E-state index in [0.717, 1.165) is 5.56 Å². The van der Waals surface area contributed by atoms with Crippen molar-refractivity contribution in [2.24, 2.45) is 5.73 Å². The molecular formula is C12H18N2O4S. The van der Waals surface area contributed by atoms with E-state index in [0.29, 0.717) is 32.1 Å². The number of hydrogen-bond donors (Lipinski definition) is 1. The molecule has 2 rings (SSSR count). The summed E-state index contributed by atoms with van der Waals surface area (Å²) in [6.45, 7) is 1.84. The third kappa shape index (κ3) is 2.89. The number of nitrogens with two attached hydrogens (primary N) is 1. The average Bonchev–Trinajstić information content (AvgIpc) is 2.47. The molecule has 0 saturated carbocycles. The average molecular weight is 286 g/mol. The van der Waals surface area contributed by atoms with E-state index in [9.17, 15) is 8.42 Å². The van der Waals surface area contributed by atoms with Crippen molar-refractivity contribution in [2.75, 3.05) is 33.4 Å². The van der Waals surface area contributed by atoms with E-state index in [1.807, 2.05) is 0 Å². The maximum absolute atomic E-state index is 12.6. The number of morpholine rings is 1. The Labute approximate surface area is 113 Å². The van der Waals surface area contributed by atoms with Gasteiger partial charge in [-0.15, -0.1) is 0 Å². The quantitative estimate of drug-likeness (QED) is 0.853. The predicted molar refractivity (Wildman–Crippen MR) is 70.5 cm³/mol. The molecule has 0 spiro atoms. The van der Waals surface area contributed by atoms with Crippen LogP contribution in [0.2, 0.25) is 0 Å². The Kier molecular flexibility index (Phi) is 4.41. The Morgan fingerprint density at radius 1 is 1.37 bits per heavy atom. The number of hydrogen-bond acceptors (Lipinski definition) is 5. The van der Waals surface area contributed by atoms with E-state index in [4.69, 9.17) is 15.2 Å². The minimum Gasteiger partial charge on any atom is -0.495 e. The SMILES string of the molecule is COc1ccc(CN)cc1S(=O)(=O)N1CCOCC1. The second-order valence-corrected chi connectivity index (χ2v) is 6.11. The Morgan fingerprint density at radius 3 is 2.63 bits per heavy atom. The highest BCUT2D eigenvalue weighted by Gasteiger charge is 2.29. The first-order valence-electron chi connectivity index (χ1n) is 6.04. The molecule has 1 heterocycles. The van der Waals surface area contributed by atoms with Gasteiger partial charge in [-0.3, -0.25) is 0 Å². The fraction of sp³-hybridized carbons (Fsp3) is 0.500. The molecule has 7 heteroatoms. The molecule has 1 aliphatic heterocycles. The summed E-state index contributed by atoms with van der Waals surface area (Å²) in [6, 6.07) is 4.97. The highest BCUT2D eigenvalue weighted by atomic mass is 32.2. The molecule has 0 unspecified atom stereocenters. The smallest absolute Gasteiger partial charge is 0.246 e. The van der Waals surface area contributed by atoms with Gasteiger partial charge in [0.05, 0.1) is 20.3 Å². The molecule has 1 aliphatic rings. The summed E-state index contributed by atoms with van der Waals surface area (Å²) < 4.78 is 36.9. The topological polar surface area (TPSA) is 81.9 Å². The molecule has 0 bridgehead atoms. The van der Waals surface area contributed by atoms with Crippen LogP contribution in [-0.4, -0.2) is 46.1 Å². The van der Waals surface area contributed by atoms with E-state index < -0.39 is 10.0 Å². The van der Waals surface area contributed by atoms with Crippen molar-refractivity contribution in [2.45, 2.75) is 11.4 Å². The third-order valence-electron chi connectivity index (χ3n) is 3.05. The largest absolute Gasteiger partial charge is 0.495 e. The van der Waals surface area contributed by atoms with Crippen molar-refractivity contribution in [3.63, 3.8) is 0 Å². The molecule has 1 fully saturated rings. The first-order valence-corrected chi connectivity index (χ1v) is 7.48. The van der Waals surface area contributed by atoms with E-state index in [1.54, 1.807) is 18.2 Å². The van der Waals surface area contributed by atoms with E-state index in [1.165, 1.54) is 11.4 Å². The number of rotatable bonds is 4. The van der Waals surface area contributed by atoms with Crippen LogP contribution >= 0.6 is 0 Å². The lowest BCUT2D eigenvalue weighted by molar-refractivity contribution is 0.0729. The number of sulfonamides is 1. The number of benzene rings is 1. The summed E-state index contributed by atoms with van der Waals surface area (Å²) in [5, 5.41) is 0. The Bertz CT molecular complexity index is 539.